The fourth-order valence-electron chi connectivity index (χ4n) is 2.37. The number of benzene rings is 2. The second kappa shape index (κ2) is 8.36. The first-order valence-electron chi connectivity index (χ1n) is 7.86. The number of sulfonamides is 1. The van der Waals surface area contributed by atoms with Gasteiger partial charge in [-0.2, -0.15) is 0 Å². The minimum atomic E-state index is -3.34. The highest BCUT2D eigenvalue weighted by Gasteiger charge is 2.09. The van der Waals surface area contributed by atoms with Crippen molar-refractivity contribution in [2.75, 3.05) is 17.5 Å². The molecule has 1 amide bonds. The summed E-state index contributed by atoms with van der Waals surface area (Å²) in [5.41, 5.74) is 2.84. The first-order valence-corrected chi connectivity index (χ1v) is 10.1. The third kappa shape index (κ3) is 6.40. The Morgan fingerprint density at radius 1 is 1.12 bits per heavy atom. The van der Waals surface area contributed by atoms with E-state index >= 15 is 0 Å². The van der Waals surface area contributed by atoms with Gasteiger partial charge >= 0.3 is 0 Å². The van der Waals surface area contributed by atoms with Crippen molar-refractivity contribution >= 4 is 33.2 Å². The van der Waals surface area contributed by atoms with Gasteiger partial charge in [0.25, 0.3) is 5.91 Å². The van der Waals surface area contributed by atoms with E-state index < -0.39 is 10.0 Å². The number of carbonyl (C=O) groups is 1. The topological polar surface area (TPSA) is 75.3 Å². The van der Waals surface area contributed by atoms with Gasteiger partial charge in [-0.3, -0.25) is 9.52 Å². The zero-order valence-corrected chi connectivity index (χ0v) is 15.7. The van der Waals surface area contributed by atoms with Crippen molar-refractivity contribution < 1.29 is 13.2 Å². The molecular formula is C18H21ClN2O3S. The summed E-state index contributed by atoms with van der Waals surface area (Å²) in [7, 11) is -3.34. The summed E-state index contributed by atoms with van der Waals surface area (Å²) in [6.07, 6.45) is 2.77. The second-order valence-corrected chi connectivity index (χ2v) is 8.07. The quantitative estimate of drug-likeness (QED) is 0.723. The molecule has 0 spiro atoms. The van der Waals surface area contributed by atoms with Gasteiger partial charge in [-0.25, -0.2) is 8.42 Å². The molecular weight excluding hydrogens is 360 g/mol. The minimum absolute atomic E-state index is 0.176. The van der Waals surface area contributed by atoms with Crippen molar-refractivity contribution in [3.8, 4) is 0 Å². The Labute approximate surface area is 153 Å². The van der Waals surface area contributed by atoms with Crippen LogP contribution in [0.1, 0.15) is 27.9 Å². The van der Waals surface area contributed by atoms with Crippen molar-refractivity contribution in [2.24, 2.45) is 0 Å². The van der Waals surface area contributed by atoms with Gasteiger partial charge in [0.2, 0.25) is 10.0 Å². The third-order valence-corrected chi connectivity index (χ3v) is 4.47. The summed E-state index contributed by atoms with van der Waals surface area (Å²) >= 11 is 5.85. The van der Waals surface area contributed by atoms with Crippen LogP contribution in [0, 0.1) is 6.92 Å². The molecule has 134 valence electrons. The average Bonchev–Trinajstić information content (AvgIpc) is 2.53. The maximum atomic E-state index is 12.2. The van der Waals surface area contributed by atoms with Crippen LogP contribution in [0.4, 0.5) is 5.69 Å². The molecule has 25 heavy (non-hydrogen) atoms. The zero-order chi connectivity index (χ0) is 18.4. The van der Waals surface area contributed by atoms with E-state index in [-0.39, 0.29) is 5.91 Å². The molecule has 0 heterocycles. The number of amides is 1. The SMILES string of the molecule is Cc1cc(C(=O)NCCCc2ccc(Cl)cc2)ccc1NS(C)(=O)=O. The van der Waals surface area contributed by atoms with Crippen molar-refractivity contribution in [3.63, 3.8) is 0 Å². The lowest BCUT2D eigenvalue weighted by molar-refractivity contribution is 0.0953. The Morgan fingerprint density at radius 2 is 1.80 bits per heavy atom. The molecule has 2 rings (SSSR count). The molecule has 0 saturated carbocycles. The van der Waals surface area contributed by atoms with E-state index in [0.717, 1.165) is 19.1 Å². The van der Waals surface area contributed by atoms with Gasteiger partial charge in [0.05, 0.1) is 11.9 Å². The number of rotatable bonds is 7. The molecule has 2 aromatic rings. The molecule has 2 aromatic carbocycles. The number of halogens is 1. The summed E-state index contributed by atoms with van der Waals surface area (Å²) in [5, 5.41) is 3.58. The monoisotopic (exact) mass is 380 g/mol. The van der Waals surface area contributed by atoms with Crippen molar-refractivity contribution in [1.82, 2.24) is 5.32 Å². The molecule has 0 aliphatic carbocycles. The van der Waals surface area contributed by atoms with Crippen molar-refractivity contribution in [1.29, 1.82) is 0 Å². The molecule has 5 nitrogen and oxygen atoms in total. The number of hydrogen-bond donors (Lipinski definition) is 2. The highest BCUT2D eigenvalue weighted by atomic mass is 35.5. The fraction of sp³-hybridized carbons (Fsp3) is 0.278. The number of nitrogens with one attached hydrogen (secondary N) is 2. The van der Waals surface area contributed by atoms with Crippen LogP contribution < -0.4 is 10.0 Å². The lowest BCUT2D eigenvalue weighted by atomic mass is 10.1. The van der Waals surface area contributed by atoms with Gasteiger partial charge in [0.1, 0.15) is 0 Å². The molecule has 0 saturated heterocycles. The van der Waals surface area contributed by atoms with Gasteiger partial charge in [0, 0.05) is 17.1 Å². The van der Waals surface area contributed by atoms with Gasteiger partial charge in [-0.1, -0.05) is 23.7 Å². The normalized spacial score (nSPS) is 11.2. The predicted octanol–water partition coefficient (Wildman–Crippen LogP) is 3.38. The fourth-order valence-corrected chi connectivity index (χ4v) is 3.12. The van der Waals surface area contributed by atoms with E-state index in [1.807, 2.05) is 24.3 Å². The van der Waals surface area contributed by atoms with Crippen LogP contribution in [0.15, 0.2) is 42.5 Å². The Morgan fingerprint density at radius 3 is 2.40 bits per heavy atom. The Kier molecular flexibility index (Phi) is 6.45. The third-order valence-electron chi connectivity index (χ3n) is 3.62. The molecule has 0 radical (unpaired) electrons. The Hall–Kier alpha value is -2.05. The molecule has 0 atom stereocenters. The summed E-state index contributed by atoms with van der Waals surface area (Å²) in [5.74, 6) is -0.176. The molecule has 0 fully saturated rings. The Balaban J connectivity index is 1.86. The summed E-state index contributed by atoms with van der Waals surface area (Å²) < 4.78 is 25.0. The van der Waals surface area contributed by atoms with Gasteiger partial charge in [0.15, 0.2) is 0 Å². The smallest absolute Gasteiger partial charge is 0.251 e. The van der Waals surface area contributed by atoms with Crippen LogP contribution in [-0.4, -0.2) is 27.1 Å². The summed E-state index contributed by atoms with van der Waals surface area (Å²) in [6, 6.07) is 12.5. The molecule has 7 heteroatoms. The summed E-state index contributed by atoms with van der Waals surface area (Å²) in [6.45, 7) is 2.31. The van der Waals surface area contributed by atoms with E-state index in [1.54, 1.807) is 25.1 Å². The van der Waals surface area contributed by atoms with E-state index in [4.69, 9.17) is 11.6 Å². The highest BCUT2D eigenvalue weighted by Crippen LogP contribution is 2.17. The average molecular weight is 381 g/mol. The van der Waals surface area contributed by atoms with Crippen LogP contribution in [-0.2, 0) is 16.4 Å². The highest BCUT2D eigenvalue weighted by molar-refractivity contribution is 7.92. The zero-order valence-electron chi connectivity index (χ0n) is 14.2. The number of anilines is 1. The largest absolute Gasteiger partial charge is 0.352 e. The molecule has 2 N–H and O–H groups in total. The maximum absolute atomic E-state index is 12.2. The maximum Gasteiger partial charge on any atom is 0.251 e. The van der Waals surface area contributed by atoms with E-state index in [9.17, 15) is 13.2 Å². The van der Waals surface area contributed by atoms with E-state index in [0.29, 0.717) is 28.4 Å². The van der Waals surface area contributed by atoms with Crippen LogP contribution in [0.5, 0.6) is 0 Å². The van der Waals surface area contributed by atoms with E-state index in [1.165, 1.54) is 5.56 Å². The van der Waals surface area contributed by atoms with Crippen LogP contribution in [0.2, 0.25) is 5.02 Å². The molecule has 0 aromatic heterocycles. The molecule has 0 aliphatic heterocycles. The number of carbonyl (C=O) groups excluding carboxylic acids is 1. The van der Waals surface area contributed by atoms with Gasteiger partial charge in [-0.05, 0) is 61.2 Å². The van der Waals surface area contributed by atoms with Crippen molar-refractivity contribution in [2.45, 2.75) is 19.8 Å². The minimum Gasteiger partial charge on any atom is -0.352 e. The number of hydrogen-bond acceptors (Lipinski definition) is 3. The summed E-state index contributed by atoms with van der Waals surface area (Å²) in [4.78, 5) is 12.2. The van der Waals surface area contributed by atoms with Crippen LogP contribution >= 0.6 is 11.6 Å². The van der Waals surface area contributed by atoms with E-state index in [2.05, 4.69) is 10.0 Å². The first-order chi connectivity index (χ1) is 11.7. The second-order valence-electron chi connectivity index (χ2n) is 5.89. The van der Waals surface area contributed by atoms with Crippen molar-refractivity contribution in [3.05, 3.63) is 64.2 Å². The lowest BCUT2D eigenvalue weighted by Gasteiger charge is -2.10. The number of aryl methyl sites for hydroxylation is 2. The van der Waals surface area contributed by atoms with Gasteiger partial charge in [-0.15, -0.1) is 0 Å². The first kappa shape index (κ1) is 19.3. The van der Waals surface area contributed by atoms with Crippen LogP contribution in [0.25, 0.3) is 0 Å². The molecule has 0 bridgehead atoms. The Bertz CT molecular complexity index is 849. The predicted molar refractivity (Wildman–Crippen MR) is 102 cm³/mol. The van der Waals surface area contributed by atoms with Gasteiger partial charge < -0.3 is 5.32 Å². The standard InChI is InChI=1S/C18H21ClN2O3S/c1-13-12-15(7-10-17(13)21-25(2,23)24)18(22)20-11-3-4-14-5-8-16(19)9-6-14/h5-10,12,21H,3-4,11H2,1-2H3,(H,20,22). The molecule has 0 unspecified atom stereocenters. The lowest BCUT2D eigenvalue weighted by Crippen LogP contribution is -2.25. The van der Waals surface area contributed by atoms with Crippen LogP contribution in [0.3, 0.4) is 0 Å². The molecule has 0 aliphatic rings.